The predicted octanol–water partition coefficient (Wildman–Crippen LogP) is 0.954. The maximum Gasteiger partial charge on any atom is 0.284 e. The largest absolute Gasteiger partial charge is 0.331 e. The molecule has 0 heterocycles. The van der Waals surface area contributed by atoms with Gasteiger partial charge in [0.2, 0.25) is 0 Å². The second-order valence-corrected chi connectivity index (χ2v) is 3.05. The van der Waals surface area contributed by atoms with Crippen LogP contribution in [-0.4, -0.2) is 33.8 Å². The second kappa shape index (κ2) is 6.32. The Morgan fingerprint density at radius 2 is 1.62 bits per heavy atom. The van der Waals surface area contributed by atoms with Crippen LogP contribution in [0.2, 0.25) is 0 Å². The molecule has 0 aliphatic carbocycles. The number of hydrogen-bond acceptors (Lipinski definition) is 4. The van der Waals surface area contributed by atoms with Gasteiger partial charge in [-0.2, -0.15) is 0 Å². The molecule has 0 rings (SSSR count). The van der Waals surface area contributed by atoms with E-state index in [9.17, 15) is 0 Å². The number of methoxy groups -OCH3 is 3. The van der Waals surface area contributed by atoms with Gasteiger partial charge in [0, 0.05) is 27.2 Å². The van der Waals surface area contributed by atoms with Crippen molar-refractivity contribution < 1.29 is 14.2 Å². The molecule has 0 bridgehead atoms. The summed E-state index contributed by atoms with van der Waals surface area (Å²) in [6, 6.07) is 0. The van der Waals surface area contributed by atoms with E-state index in [1.807, 2.05) is 6.92 Å². The van der Waals surface area contributed by atoms with Gasteiger partial charge in [0.15, 0.2) is 0 Å². The van der Waals surface area contributed by atoms with E-state index >= 15 is 0 Å². The lowest BCUT2D eigenvalue weighted by atomic mass is 10.0. The maximum absolute atomic E-state index is 5.42. The van der Waals surface area contributed by atoms with Gasteiger partial charge >= 0.3 is 0 Å². The highest BCUT2D eigenvalue weighted by molar-refractivity contribution is 4.66. The van der Waals surface area contributed by atoms with Gasteiger partial charge in [-0.1, -0.05) is 6.92 Å². The van der Waals surface area contributed by atoms with Gasteiger partial charge in [0.25, 0.3) is 5.97 Å². The average Bonchev–Trinajstić information content (AvgIpc) is 2.18. The first-order chi connectivity index (χ1) is 6.16. The van der Waals surface area contributed by atoms with Crippen molar-refractivity contribution in [3.63, 3.8) is 0 Å². The lowest BCUT2D eigenvalue weighted by molar-refractivity contribution is -0.376. The molecule has 0 saturated heterocycles. The summed E-state index contributed by atoms with van der Waals surface area (Å²) in [6.07, 6.45) is 1.87. The van der Waals surface area contributed by atoms with Crippen LogP contribution in [0.5, 0.6) is 0 Å². The number of nitrogens with two attached hydrogens (primary N) is 1. The fraction of sp³-hybridized carbons (Fsp3) is 1.00. The van der Waals surface area contributed by atoms with Crippen LogP contribution in [0, 0.1) is 5.92 Å². The Morgan fingerprint density at radius 1 is 1.15 bits per heavy atom. The first kappa shape index (κ1) is 12.8. The lowest BCUT2D eigenvalue weighted by Gasteiger charge is -2.34. The third-order valence-corrected chi connectivity index (χ3v) is 2.30. The van der Waals surface area contributed by atoms with Gasteiger partial charge in [-0.05, 0) is 19.4 Å². The van der Waals surface area contributed by atoms with Crippen molar-refractivity contribution in [2.45, 2.75) is 25.7 Å². The van der Waals surface area contributed by atoms with Crippen LogP contribution in [0.1, 0.15) is 19.8 Å². The number of ether oxygens (including phenoxy) is 3. The van der Waals surface area contributed by atoms with Crippen LogP contribution in [0.3, 0.4) is 0 Å². The summed E-state index contributed by atoms with van der Waals surface area (Å²) in [4.78, 5) is 0. The molecule has 0 aromatic rings. The van der Waals surface area contributed by atoms with E-state index in [-0.39, 0.29) is 5.92 Å². The summed E-state index contributed by atoms with van der Waals surface area (Å²) in [5, 5.41) is 0. The fourth-order valence-electron chi connectivity index (χ4n) is 1.45. The summed E-state index contributed by atoms with van der Waals surface area (Å²) >= 11 is 0. The van der Waals surface area contributed by atoms with Crippen LogP contribution < -0.4 is 5.73 Å². The van der Waals surface area contributed by atoms with E-state index in [1.165, 1.54) is 0 Å². The quantitative estimate of drug-likeness (QED) is 0.609. The molecule has 0 spiro atoms. The molecule has 0 aromatic heterocycles. The summed E-state index contributed by atoms with van der Waals surface area (Å²) < 4.78 is 15.6. The van der Waals surface area contributed by atoms with Crippen molar-refractivity contribution in [2.24, 2.45) is 11.7 Å². The highest BCUT2D eigenvalue weighted by Crippen LogP contribution is 2.26. The molecule has 0 aliphatic heterocycles. The molecule has 0 amide bonds. The van der Waals surface area contributed by atoms with Crippen LogP contribution in [0.25, 0.3) is 0 Å². The third kappa shape index (κ3) is 3.23. The zero-order valence-corrected chi connectivity index (χ0v) is 9.00. The van der Waals surface area contributed by atoms with Crippen molar-refractivity contribution in [3.8, 4) is 0 Å². The van der Waals surface area contributed by atoms with Crippen LogP contribution in [0.15, 0.2) is 0 Å². The molecular formula is C9H21NO3. The molecule has 0 fully saturated rings. The Balaban J connectivity index is 4.17. The van der Waals surface area contributed by atoms with Crippen LogP contribution in [-0.2, 0) is 14.2 Å². The predicted molar refractivity (Wildman–Crippen MR) is 51.2 cm³/mol. The molecule has 2 N–H and O–H groups in total. The minimum absolute atomic E-state index is 0.163. The Labute approximate surface area is 80.3 Å². The van der Waals surface area contributed by atoms with Crippen molar-refractivity contribution in [1.82, 2.24) is 0 Å². The molecule has 0 aromatic carbocycles. The minimum Gasteiger partial charge on any atom is -0.331 e. The summed E-state index contributed by atoms with van der Waals surface area (Å²) in [5.74, 6) is -0.758. The maximum atomic E-state index is 5.42. The van der Waals surface area contributed by atoms with Crippen molar-refractivity contribution in [2.75, 3.05) is 27.9 Å². The monoisotopic (exact) mass is 191 g/mol. The molecule has 80 valence electrons. The molecule has 4 nitrogen and oxygen atoms in total. The Kier molecular flexibility index (Phi) is 6.24. The van der Waals surface area contributed by atoms with Gasteiger partial charge < -0.3 is 19.9 Å². The summed E-state index contributed by atoms with van der Waals surface area (Å²) in [7, 11) is 4.73. The lowest BCUT2D eigenvalue weighted by Crippen LogP contribution is -2.42. The third-order valence-electron chi connectivity index (χ3n) is 2.30. The van der Waals surface area contributed by atoms with Crippen molar-refractivity contribution >= 4 is 0 Å². The molecule has 0 aliphatic rings. The van der Waals surface area contributed by atoms with Crippen molar-refractivity contribution in [3.05, 3.63) is 0 Å². The Bertz CT molecular complexity index is 118. The van der Waals surface area contributed by atoms with Gasteiger partial charge in [-0.3, -0.25) is 0 Å². The molecule has 1 unspecified atom stereocenters. The highest BCUT2D eigenvalue weighted by atomic mass is 16.9. The van der Waals surface area contributed by atoms with Gasteiger partial charge in [0.1, 0.15) is 0 Å². The van der Waals surface area contributed by atoms with Gasteiger partial charge in [-0.15, -0.1) is 0 Å². The standard InChI is InChI=1S/C9H21NO3/c1-8(6-5-7-10)9(11-2,12-3)13-4/h8H,5-7,10H2,1-4H3. The normalized spacial score (nSPS) is 14.5. The smallest absolute Gasteiger partial charge is 0.284 e. The SMILES string of the molecule is COC(OC)(OC)C(C)CCCN. The fourth-order valence-corrected chi connectivity index (χ4v) is 1.45. The molecule has 0 radical (unpaired) electrons. The van der Waals surface area contributed by atoms with Crippen LogP contribution in [0.4, 0.5) is 0 Å². The molecule has 4 heteroatoms. The van der Waals surface area contributed by atoms with Crippen LogP contribution >= 0.6 is 0 Å². The zero-order chi connectivity index (χ0) is 10.3. The second-order valence-electron chi connectivity index (χ2n) is 3.05. The van der Waals surface area contributed by atoms with Gasteiger partial charge in [0.05, 0.1) is 0 Å². The average molecular weight is 191 g/mol. The van der Waals surface area contributed by atoms with E-state index in [1.54, 1.807) is 21.3 Å². The highest BCUT2D eigenvalue weighted by Gasteiger charge is 2.36. The van der Waals surface area contributed by atoms with Crippen molar-refractivity contribution in [1.29, 1.82) is 0 Å². The molecule has 1 atom stereocenters. The van der Waals surface area contributed by atoms with E-state index in [2.05, 4.69) is 0 Å². The van der Waals surface area contributed by atoms with E-state index < -0.39 is 5.97 Å². The first-order valence-electron chi connectivity index (χ1n) is 4.52. The summed E-state index contributed by atoms with van der Waals surface area (Å²) in [6.45, 7) is 2.70. The molecular weight excluding hydrogens is 170 g/mol. The number of hydrogen-bond donors (Lipinski definition) is 1. The van der Waals surface area contributed by atoms with E-state index in [0.29, 0.717) is 6.54 Å². The number of rotatable bonds is 7. The minimum atomic E-state index is -0.921. The van der Waals surface area contributed by atoms with E-state index in [0.717, 1.165) is 12.8 Å². The topological polar surface area (TPSA) is 53.7 Å². The van der Waals surface area contributed by atoms with E-state index in [4.69, 9.17) is 19.9 Å². The molecule has 0 saturated carbocycles. The Hall–Kier alpha value is -0.160. The zero-order valence-electron chi connectivity index (χ0n) is 9.00. The first-order valence-corrected chi connectivity index (χ1v) is 4.52. The molecule has 13 heavy (non-hydrogen) atoms. The van der Waals surface area contributed by atoms with Gasteiger partial charge in [-0.25, -0.2) is 0 Å². The summed E-state index contributed by atoms with van der Waals surface area (Å²) in [5.41, 5.74) is 5.42. The Morgan fingerprint density at radius 3 is 1.92 bits per heavy atom.